The summed E-state index contributed by atoms with van der Waals surface area (Å²) < 4.78 is 6.10. The molecular weight excluding hydrogens is 208 g/mol. The fourth-order valence-corrected chi connectivity index (χ4v) is 2.94. The number of benzene rings is 1. The smallest absolute Gasteiger partial charge is 0.123 e. The van der Waals surface area contributed by atoms with E-state index in [1.54, 1.807) is 0 Å². The van der Waals surface area contributed by atoms with Gasteiger partial charge in [0, 0.05) is 0 Å². The van der Waals surface area contributed by atoms with Crippen LogP contribution in [-0.4, -0.2) is 5.60 Å². The number of aryl methyl sites for hydroxylation is 2. The van der Waals surface area contributed by atoms with Gasteiger partial charge in [0.2, 0.25) is 0 Å². The maximum atomic E-state index is 6.10. The average molecular weight is 232 g/mol. The van der Waals surface area contributed by atoms with E-state index in [0.717, 1.165) is 12.2 Å². The first-order chi connectivity index (χ1) is 7.93. The summed E-state index contributed by atoms with van der Waals surface area (Å²) in [6, 6.07) is 4.60. The first-order valence-corrected chi connectivity index (χ1v) is 6.75. The molecule has 17 heavy (non-hydrogen) atoms. The van der Waals surface area contributed by atoms with Gasteiger partial charge in [-0.05, 0) is 62.3 Å². The van der Waals surface area contributed by atoms with Gasteiger partial charge in [0.05, 0.1) is 0 Å². The molecule has 1 nitrogen and oxygen atoms in total. The van der Waals surface area contributed by atoms with Crippen LogP contribution in [0.4, 0.5) is 0 Å². The summed E-state index contributed by atoms with van der Waals surface area (Å²) in [7, 11) is 0. The third kappa shape index (κ3) is 2.48. The van der Waals surface area contributed by atoms with Crippen LogP contribution in [0.3, 0.4) is 0 Å². The first-order valence-electron chi connectivity index (χ1n) is 6.75. The minimum atomic E-state index is -0.0227. The van der Waals surface area contributed by atoms with Gasteiger partial charge >= 0.3 is 0 Å². The molecule has 0 N–H and O–H groups in total. The summed E-state index contributed by atoms with van der Waals surface area (Å²) >= 11 is 0. The fourth-order valence-electron chi connectivity index (χ4n) is 2.94. The lowest BCUT2D eigenvalue weighted by Gasteiger charge is -2.37. The lowest BCUT2D eigenvalue weighted by molar-refractivity contribution is 0.0745. The molecule has 0 aliphatic carbocycles. The molecular formula is C16H24O. The molecule has 1 aromatic carbocycles. The van der Waals surface area contributed by atoms with E-state index in [0.29, 0.717) is 5.92 Å². The van der Waals surface area contributed by atoms with Crippen LogP contribution in [0.2, 0.25) is 0 Å². The fraction of sp³-hybridized carbons (Fsp3) is 0.625. The Morgan fingerprint density at radius 3 is 2.71 bits per heavy atom. The predicted octanol–water partition coefficient (Wildman–Crippen LogP) is 4.61. The van der Waals surface area contributed by atoms with Crippen molar-refractivity contribution < 1.29 is 4.74 Å². The van der Waals surface area contributed by atoms with Crippen LogP contribution in [0.15, 0.2) is 12.1 Å². The van der Waals surface area contributed by atoms with E-state index in [9.17, 15) is 0 Å². The van der Waals surface area contributed by atoms with E-state index < -0.39 is 0 Å². The van der Waals surface area contributed by atoms with Crippen molar-refractivity contribution in [3.8, 4) is 5.75 Å². The van der Waals surface area contributed by atoms with Gasteiger partial charge in [-0.15, -0.1) is 0 Å². The normalized spacial score (nSPS) is 21.8. The highest BCUT2D eigenvalue weighted by Crippen LogP contribution is 2.41. The molecule has 0 radical (unpaired) electrons. The predicted molar refractivity (Wildman–Crippen MR) is 72.9 cm³/mol. The minimum Gasteiger partial charge on any atom is -0.488 e. The van der Waals surface area contributed by atoms with Crippen molar-refractivity contribution in [3.05, 3.63) is 28.8 Å². The van der Waals surface area contributed by atoms with Crippen LogP contribution in [-0.2, 0) is 6.42 Å². The molecule has 94 valence electrons. The molecule has 0 saturated carbocycles. The Labute approximate surface area is 105 Å². The third-order valence-electron chi connectivity index (χ3n) is 3.70. The molecule has 2 rings (SSSR count). The zero-order chi connectivity index (χ0) is 12.6. The van der Waals surface area contributed by atoms with E-state index in [1.165, 1.54) is 29.5 Å². The minimum absolute atomic E-state index is 0.0227. The number of ether oxygens (including phenoxy) is 1. The molecule has 1 unspecified atom stereocenters. The van der Waals surface area contributed by atoms with Crippen LogP contribution in [0.5, 0.6) is 5.75 Å². The Kier molecular flexibility index (Phi) is 3.20. The SMILES string of the molecule is CCCc1cc2c(cc1C)OC(C)(C)CC2C. The highest BCUT2D eigenvalue weighted by molar-refractivity contribution is 5.45. The summed E-state index contributed by atoms with van der Waals surface area (Å²) in [5.41, 5.74) is 4.24. The maximum Gasteiger partial charge on any atom is 0.123 e. The Morgan fingerprint density at radius 2 is 2.06 bits per heavy atom. The standard InChI is InChI=1S/C16H24O/c1-6-7-13-9-14-12(3)10-16(4,5)17-15(14)8-11(13)2/h8-9,12H,6-7,10H2,1-5H3. The van der Waals surface area contributed by atoms with Crippen molar-refractivity contribution in [2.24, 2.45) is 0 Å². The van der Waals surface area contributed by atoms with E-state index in [1.807, 2.05) is 0 Å². The van der Waals surface area contributed by atoms with E-state index in [-0.39, 0.29) is 5.60 Å². The van der Waals surface area contributed by atoms with E-state index >= 15 is 0 Å². The molecule has 1 aromatic rings. The summed E-state index contributed by atoms with van der Waals surface area (Å²) in [6.07, 6.45) is 3.49. The average Bonchev–Trinajstić information content (AvgIpc) is 2.19. The Bertz CT molecular complexity index is 418. The lowest BCUT2D eigenvalue weighted by atomic mass is 9.84. The zero-order valence-electron chi connectivity index (χ0n) is 11.8. The largest absolute Gasteiger partial charge is 0.488 e. The lowest BCUT2D eigenvalue weighted by Crippen LogP contribution is -2.34. The van der Waals surface area contributed by atoms with Crippen molar-refractivity contribution in [2.45, 2.75) is 65.4 Å². The summed E-state index contributed by atoms with van der Waals surface area (Å²) in [5.74, 6) is 1.70. The highest BCUT2D eigenvalue weighted by atomic mass is 16.5. The van der Waals surface area contributed by atoms with Crippen molar-refractivity contribution in [2.75, 3.05) is 0 Å². The molecule has 1 aliphatic rings. The van der Waals surface area contributed by atoms with Gasteiger partial charge in [-0.2, -0.15) is 0 Å². The molecule has 0 saturated heterocycles. The molecule has 0 bridgehead atoms. The third-order valence-corrected chi connectivity index (χ3v) is 3.70. The van der Waals surface area contributed by atoms with Crippen molar-refractivity contribution >= 4 is 0 Å². The Hall–Kier alpha value is -0.980. The second-order valence-corrected chi connectivity index (χ2v) is 6.03. The van der Waals surface area contributed by atoms with E-state index in [4.69, 9.17) is 4.74 Å². The molecule has 1 heteroatoms. The van der Waals surface area contributed by atoms with E-state index in [2.05, 4.69) is 46.8 Å². The first kappa shape index (κ1) is 12.5. The quantitative estimate of drug-likeness (QED) is 0.723. The molecule has 1 atom stereocenters. The molecule has 0 spiro atoms. The maximum absolute atomic E-state index is 6.10. The van der Waals surface area contributed by atoms with Crippen LogP contribution < -0.4 is 4.74 Å². The summed E-state index contributed by atoms with van der Waals surface area (Å²) in [4.78, 5) is 0. The monoisotopic (exact) mass is 232 g/mol. The van der Waals surface area contributed by atoms with Gasteiger partial charge < -0.3 is 4.74 Å². The number of fused-ring (bicyclic) bond motifs is 1. The van der Waals surface area contributed by atoms with Gasteiger partial charge in [-0.1, -0.05) is 26.3 Å². The Morgan fingerprint density at radius 1 is 1.35 bits per heavy atom. The van der Waals surface area contributed by atoms with Crippen molar-refractivity contribution in [1.82, 2.24) is 0 Å². The summed E-state index contributed by atoms with van der Waals surface area (Å²) in [6.45, 7) is 11.1. The topological polar surface area (TPSA) is 9.23 Å². The number of hydrogen-bond donors (Lipinski definition) is 0. The van der Waals surface area contributed by atoms with Gasteiger partial charge in [0.15, 0.2) is 0 Å². The van der Waals surface area contributed by atoms with Gasteiger partial charge in [0.1, 0.15) is 11.4 Å². The number of rotatable bonds is 2. The second kappa shape index (κ2) is 4.36. The molecule has 0 amide bonds. The Balaban J connectivity index is 2.43. The van der Waals surface area contributed by atoms with Crippen LogP contribution >= 0.6 is 0 Å². The van der Waals surface area contributed by atoms with Crippen LogP contribution in [0, 0.1) is 6.92 Å². The molecule has 1 heterocycles. The van der Waals surface area contributed by atoms with Crippen molar-refractivity contribution in [1.29, 1.82) is 0 Å². The van der Waals surface area contributed by atoms with Crippen LogP contribution in [0.1, 0.15) is 63.1 Å². The second-order valence-electron chi connectivity index (χ2n) is 6.03. The van der Waals surface area contributed by atoms with Gasteiger partial charge in [-0.3, -0.25) is 0 Å². The molecule has 0 fully saturated rings. The highest BCUT2D eigenvalue weighted by Gasteiger charge is 2.31. The van der Waals surface area contributed by atoms with Gasteiger partial charge in [0.25, 0.3) is 0 Å². The molecule has 1 aliphatic heterocycles. The molecule has 0 aromatic heterocycles. The van der Waals surface area contributed by atoms with Crippen LogP contribution in [0.25, 0.3) is 0 Å². The van der Waals surface area contributed by atoms with Crippen molar-refractivity contribution in [3.63, 3.8) is 0 Å². The van der Waals surface area contributed by atoms with Gasteiger partial charge in [-0.25, -0.2) is 0 Å². The zero-order valence-corrected chi connectivity index (χ0v) is 11.8. The number of hydrogen-bond acceptors (Lipinski definition) is 1. The summed E-state index contributed by atoms with van der Waals surface area (Å²) in [5, 5.41) is 0.